The molecule has 1 atom stereocenters. The first kappa shape index (κ1) is 18.7. The van der Waals surface area contributed by atoms with E-state index in [-0.39, 0.29) is 36.2 Å². The fourth-order valence-corrected chi connectivity index (χ4v) is 4.14. The normalized spacial score (nSPS) is 21.4. The first-order valence-electron chi connectivity index (χ1n) is 8.42. The van der Waals surface area contributed by atoms with Crippen molar-refractivity contribution in [2.45, 2.75) is 43.6 Å². The quantitative estimate of drug-likeness (QED) is 0.793. The van der Waals surface area contributed by atoms with Gasteiger partial charge in [-0.2, -0.15) is 9.29 Å². The fourth-order valence-electron chi connectivity index (χ4n) is 2.70. The predicted octanol–water partition coefficient (Wildman–Crippen LogP) is 1.27. The van der Waals surface area contributed by atoms with Crippen molar-refractivity contribution in [3.63, 3.8) is 0 Å². The van der Waals surface area contributed by atoms with Gasteiger partial charge < -0.3 is 14.4 Å². The van der Waals surface area contributed by atoms with Crippen LogP contribution in [0.15, 0.2) is 27.7 Å². The van der Waals surface area contributed by atoms with Gasteiger partial charge in [0.05, 0.1) is 19.3 Å². The molecule has 2 aromatic rings. The number of β-amino-alcohol motifs (C(OH)–C–C–N with tert-alkyl or cyclic N) is 1. The fraction of sp³-hybridized carbons (Fsp3) is 0.562. The van der Waals surface area contributed by atoms with Crippen LogP contribution in [-0.4, -0.2) is 52.7 Å². The van der Waals surface area contributed by atoms with Crippen LogP contribution in [0.25, 0.3) is 0 Å². The molecule has 1 saturated heterocycles. The Morgan fingerprint density at radius 3 is 2.77 bits per heavy atom. The van der Waals surface area contributed by atoms with E-state index in [0.717, 1.165) is 0 Å². The molecule has 1 N–H and O–H groups in total. The van der Waals surface area contributed by atoms with E-state index in [9.17, 15) is 13.5 Å². The van der Waals surface area contributed by atoms with Gasteiger partial charge in [0.2, 0.25) is 15.9 Å². The zero-order valence-electron chi connectivity index (χ0n) is 14.9. The molecule has 142 valence electrons. The van der Waals surface area contributed by atoms with Crippen molar-refractivity contribution in [2.24, 2.45) is 0 Å². The lowest BCUT2D eigenvalue weighted by molar-refractivity contribution is 0.0194. The molecule has 2 aromatic heterocycles. The zero-order valence-corrected chi connectivity index (χ0v) is 15.7. The summed E-state index contributed by atoms with van der Waals surface area (Å²) < 4.78 is 37.2. The molecule has 0 aromatic carbocycles. The third-order valence-corrected chi connectivity index (χ3v) is 6.04. The number of nitrogens with zero attached hydrogens (tertiary/aromatic N) is 4. The number of hydrogen-bond acceptors (Lipinski definition) is 8. The number of aromatic nitrogens is 3. The Kier molecular flexibility index (Phi) is 5.00. The number of hydrogen-bond donors (Lipinski definition) is 1. The van der Waals surface area contributed by atoms with Crippen LogP contribution in [0.3, 0.4) is 0 Å². The second-order valence-corrected chi connectivity index (χ2v) is 8.44. The van der Waals surface area contributed by atoms with Gasteiger partial charge in [-0.15, -0.1) is 0 Å². The average Bonchev–Trinajstić information content (AvgIpc) is 3.24. The van der Waals surface area contributed by atoms with Gasteiger partial charge in [-0.05, 0) is 13.0 Å². The van der Waals surface area contributed by atoms with Crippen molar-refractivity contribution in [3.05, 3.63) is 30.0 Å². The molecule has 1 aliphatic rings. The first-order chi connectivity index (χ1) is 12.3. The summed E-state index contributed by atoms with van der Waals surface area (Å²) in [4.78, 5) is 8.24. The Balaban J connectivity index is 1.79. The van der Waals surface area contributed by atoms with Crippen LogP contribution in [0.5, 0.6) is 5.88 Å². The van der Waals surface area contributed by atoms with Crippen LogP contribution >= 0.6 is 0 Å². The molecule has 0 amide bonds. The summed E-state index contributed by atoms with van der Waals surface area (Å²) in [5.74, 6) is 0.929. The van der Waals surface area contributed by atoms with Gasteiger partial charge in [-0.3, -0.25) is 0 Å². The minimum absolute atomic E-state index is 0.0404. The zero-order chi connectivity index (χ0) is 18.9. The Bertz CT molecular complexity index is 865. The van der Waals surface area contributed by atoms with Gasteiger partial charge >= 0.3 is 0 Å². The van der Waals surface area contributed by atoms with Gasteiger partial charge in [-0.1, -0.05) is 19.0 Å². The molecular weight excluding hydrogens is 360 g/mol. The van der Waals surface area contributed by atoms with E-state index in [1.807, 2.05) is 20.8 Å². The molecule has 0 spiro atoms. The number of sulfonamides is 1. The highest BCUT2D eigenvalue weighted by Gasteiger charge is 2.46. The molecule has 10 heteroatoms. The first-order valence-corrected chi connectivity index (χ1v) is 9.86. The van der Waals surface area contributed by atoms with E-state index in [1.165, 1.54) is 22.6 Å². The van der Waals surface area contributed by atoms with Crippen molar-refractivity contribution in [3.8, 4) is 5.88 Å². The van der Waals surface area contributed by atoms with Crippen molar-refractivity contribution >= 4 is 10.0 Å². The number of rotatable bonds is 6. The Morgan fingerprint density at radius 1 is 1.42 bits per heavy atom. The van der Waals surface area contributed by atoms with E-state index in [0.29, 0.717) is 18.3 Å². The highest BCUT2D eigenvalue weighted by atomic mass is 32.2. The molecule has 26 heavy (non-hydrogen) atoms. The van der Waals surface area contributed by atoms with E-state index >= 15 is 0 Å². The van der Waals surface area contributed by atoms with Gasteiger partial charge in [0.15, 0.2) is 11.4 Å². The maximum atomic E-state index is 12.8. The minimum atomic E-state index is -3.79. The van der Waals surface area contributed by atoms with E-state index in [2.05, 4.69) is 15.1 Å². The van der Waals surface area contributed by atoms with Crippen LogP contribution in [0.1, 0.15) is 44.8 Å². The number of aliphatic hydroxyl groups is 1. The molecule has 0 saturated carbocycles. The average molecular weight is 382 g/mol. The number of ether oxygens (including phenoxy) is 1. The Hall–Kier alpha value is -2.04. The van der Waals surface area contributed by atoms with Crippen molar-refractivity contribution in [1.82, 2.24) is 19.4 Å². The highest BCUT2D eigenvalue weighted by Crippen LogP contribution is 2.34. The van der Waals surface area contributed by atoms with Crippen molar-refractivity contribution < 1.29 is 22.8 Å². The molecule has 0 unspecified atom stereocenters. The van der Waals surface area contributed by atoms with Crippen molar-refractivity contribution in [2.75, 3.05) is 19.7 Å². The van der Waals surface area contributed by atoms with Crippen LogP contribution < -0.4 is 4.74 Å². The monoisotopic (exact) mass is 382 g/mol. The second-order valence-electron chi connectivity index (χ2n) is 6.50. The molecule has 3 rings (SSSR count). The third-order valence-electron chi connectivity index (χ3n) is 4.21. The molecule has 1 aliphatic heterocycles. The summed E-state index contributed by atoms with van der Waals surface area (Å²) in [5.41, 5.74) is -1.49. The largest absolute Gasteiger partial charge is 0.478 e. The molecule has 0 bridgehead atoms. The van der Waals surface area contributed by atoms with Gasteiger partial charge in [0, 0.05) is 24.9 Å². The topological polar surface area (TPSA) is 119 Å². The number of pyridine rings is 1. The van der Waals surface area contributed by atoms with Crippen LogP contribution in [-0.2, 0) is 15.6 Å². The lowest BCUT2D eigenvalue weighted by Gasteiger charge is -2.19. The van der Waals surface area contributed by atoms with Gasteiger partial charge in [0.25, 0.3) is 5.89 Å². The third kappa shape index (κ3) is 3.44. The van der Waals surface area contributed by atoms with Gasteiger partial charge in [-0.25, -0.2) is 13.4 Å². The summed E-state index contributed by atoms with van der Waals surface area (Å²) >= 11 is 0. The maximum Gasteiger partial charge on any atom is 0.260 e. The van der Waals surface area contributed by atoms with Crippen LogP contribution in [0, 0.1) is 0 Å². The molecule has 0 aliphatic carbocycles. The standard InChI is InChI=1S/C16H22N4O5S/c1-4-24-13-6-5-12(9-17-13)26(22,23)20-8-7-16(21,10-20)15-18-14(11(2)3)19-25-15/h5-6,9,11,21H,4,7-8,10H2,1-3H3/t16-/m0/s1. The van der Waals surface area contributed by atoms with Crippen LogP contribution in [0.4, 0.5) is 0 Å². The van der Waals surface area contributed by atoms with E-state index < -0.39 is 15.6 Å². The lowest BCUT2D eigenvalue weighted by atomic mass is 10.0. The minimum Gasteiger partial charge on any atom is -0.478 e. The molecule has 9 nitrogen and oxygen atoms in total. The SMILES string of the molecule is CCOc1ccc(S(=O)(=O)N2CC[C@@](O)(c3nc(C(C)C)no3)C2)cn1. The lowest BCUT2D eigenvalue weighted by Crippen LogP contribution is -2.34. The summed E-state index contributed by atoms with van der Waals surface area (Å²) in [5, 5.41) is 14.7. The van der Waals surface area contributed by atoms with Gasteiger partial charge in [0.1, 0.15) is 4.90 Å². The van der Waals surface area contributed by atoms with E-state index in [4.69, 9.17) is 9.26 Å². The molecule has 1 fully saturated rings. The van der Waals surface area contributed by atoms with E-state index in [1.54, 1.807) is 0 Å². The van der Waals surface area contributed by atoms with Crippen molar-refractivity contribution in [1.29, 1.82) is 0 Å². The predicted molar refractivity (Wildman–Crippen MR) is 91.1 cm³/mol. The maximum absolute atomic E-state index is 12.8. The molecular formula is C16H22N4O5S. The summed E-state index contributed by atoms with van der Waals surface area (Å²) in [6.07, 6.45) is 1.43. The smallest absolute Gasteiger partial charge is 0.260 e. The summed E-state index contributed by atoms with van der Waals surface area (Å²) in [6, 6.07) is 2.94. The highest BCUT2D eigenvalue weighted by molar-refractivity contribution is 7.89. The summed E-state index contributed by atoms with van der Waals surface area (Å²) in [6.45, 7) is 6.07. The summed E-state index contributed by atoms with van der Waals surface area (Å²) in [7, 11) is -3.79. The molecule has 0 radical (unpaired) electrons. The Morgan fingerprint density at radius 2 is 2.19 bits per heavy atom. The Labute approximate surface area is 152 Å². The van der Waals surface area contributed by atoms with Crippen LogP contribution in [0.2, 0.25) is 0 Å². The second kappa shape index (κ2) is 6.93. The molecule has 3 heterocycles.